The third-order valence-corrected chi connectivity index (χ3v) is 4.95. The average Bonchev–Trinajstić information content (AvgIpc) is 3.15. The predicted molar refractivity (Wildman–Crippen MR) is 119 cm³/mol. The molecule has 0 bridgehead atoms. The number of ether oxygens (including phenoxy) is 2. The summed E-state index contributed by atoms with van der Waals surface area (Å²) in [6, 6.07) is 17.6. The zero-order chi connectivity index (χ0) is 22.8. The van der Waals surface area contributed by atoms with E-state index in [0.29, 0.717) is 25.1 Å². The van der Waals surface area contributed by atoms with E-state index in [1.54, 1.807) is 0 Å². The number of benzene rings is 2. The molecule has 1 heterocycles. The molecule has 0 fully saturated rings. The third kappa shape index (κ3) is 6.97. The fourth-order valence-corrected chi connectivity index (χ4v) is 3.35. The lowest BCUT2D eigenvalue weighted by Crippen LogP contribution is -2.44. The number of rotatable bonds is 11. The van der Waals surface area contributed by atoms with E-state index in [0.717, 1.165) is 11.1 Å². The Morgan fingerprint density at radius 1 is 1.00 bits per heavy atom. The number of hydrogen-bond acceptors (Lipinski definition) is 6. The van der Waals surface area contributed by atoms with E-state index in [2.05, 4.69) is 10.6 Å². The number of esters is 2. The molecule has 2 aromatic rings. The van der Waals surface area contributed by atoms with Gasteiger partial charge in [-0.25, -0.2) is 4.79 Å². The van der Waals surface area contributed by atoms with Crippen molar-refractivity contribution in [1.82, 2.24) is 10.6 Å². The zero-order valence-electron chi connectivity index (χ0n) is 18.1. The van der Waals surface area contributed by atoms with Gasteiger partial charge in [-0.15, -0.1) is 0 Å². The normalized spacial score (nSPS) is 16.0. The highest BCUT2D eigenvalue weighted by Gasteiger charge is 2.31. The molecule has 3 rings (SSSR count). The molecule has 168 valence electrons. The van der Waals surface area contributed by atoms with Gasteiger partial charge in [0.05, 0.1) is 19.1 Å². The summed E-state index contributed by atoms with van der Waals surface area (Å²) in [7, 11) is 0. The topological polar surface area (TPSA) is 93.7 Å². The first-order valence-electron chi connectivity index (χ1n) is 10.7. The molecule has 1 aliphatic rings. The van der Waals surface area contributed by atoms with Gasteiger partial charge in [0.15, 0.2) is 0 Å². The molecule has 2 N–H and O–H groups in total. The average molecular weight is 437 g/mol. The Morgan fingerprint density at radius 3 is 2.31 bits per heavy atom. The SMILES string of the molecule is CCCOC(=O)[C@H](Cc1ccccc1)NC1=CC(=O)N[C@H]1CC(=O)OCc1ccccc1. The largest absolute Gasteiger partial charge is 0.464 e. The van der Waals surface area contributed by atoms with Crippen molar-refractivity contribution in [2.24, 2.45) is 0 Å². The van der Waals surface area contributed by atoms with E-state index in [1.165, 1.54) is 6.08 Å². The van der Waals surface area contributed by atoms with Crippen LogP contribution in [0.25, 0.3) is 0 Å². The van der Waals surface area contributed by atoms with Crippen LogP contribution in [0.3, 0.4) is 0 Å². The van der Waals surface area contributed by atoms with Crippen LogP contribution in [-0.2, 0) is 36.9 Å². The van der Waals surface area contributed by atoms with Gasteiger partial charge in [-0.2, -0.15) is 0 Å². The van der Waals surface area contributed by atoms with Gasteiger partial charge in [-0.1, -0.05) is 67.6 Å². The van der Waals surface area contributed by atoms with Gasteiger partial charge in [-0.05, 0) is 17.5 Å². The lowest BCUT2D eigenvalue weighted by molar-refractivity contribution is -0.146. The molecule has 0 spiro atoms. The van der Waals surface area contributed by atoms with Crippen molar-refractivity contribution < 1.29 is 23.9 Å². The second-order valence-electron chi connectivity index (χ2n) is 7.57. The van der Waals surface area contributed by atoms with Crippen LogP contribution < -0.4 is 10.6 Å². The molecule has 0 unspecified atom stereocenters. The van der Waals surface area contributed by atoms with Crippen molar-refractivity contribution in [3.63, 3.8) is 0 Å². The van der Waals surface area contributed by atoms with Gasteiger partial charge in [0, 0.05) is 18.2 Å². The van der Waals surface area contributed by atoms with Gasteiger partial charge in [0.1, 0.15) is 12.6 Å². The van der Waals surface area contributed by atoms with Gasteiger partial charge >= 0.3 is 11.9 Å². The Kier molecular flexibility index (Phi) is 8.43. The quantitative estimate of drug-likeness (QED) is 0.526. The minimum atomic E-state index is -0.689. The molecule has 32 heavy (non-hydrogen) atoms. The van der Waals surface area contributed by atoms with Crippen LogP contribution >= 0.6 is 0 Å². The van der Waals surface area contributed by atoms with Crippen LogP contribution in [0, 0.1) is 0 Å². The van der Waals surface area contributed by atoms with Gasteiger partial charge in [0.25, 0.3) is 0 Å². The molecule has 2 atom stereocenters. The van der Waals surface area contributed by atoms with Gasteiger partial charge < -0.3 is 20.1 Å². The van der Waals surface area contributed by atoms with E-state index < -0.39 is 24.0 Å². The minimum Gasteiger partial charge on any atom is -0.464 e. The molecule has 7 nitrogen and oxygen atoms in total. The molecular weight excluding hydrogens is 408 g/mol. The van der Waals surface area contributed by atoms with Crippen molar-refractivity contribution in [3.8, 4) is 0 Å². The summed E-state index contributed by atoms with van der Waals surface area (Å²) in [5.74, 6) is -1.17. The zero-order valence-corrected chi connectivity index (χ0v) is 18.1. The maximum atomic E-state index is 12.7. The lowest BCUT2D eigenvalue weighted by atomic mass is 10.0. The summed E-state index contributed by atoms with van der Waals surface area (Å²) in [6.07, 6.45) is 2.43. The van der Waals surface area contributed by atoms with E-state index in [4.69, 9.17) is 9.47 Å². The number of carbonyl (C=O) groups excluding carboxylic acids is 3. The number of amides is 1. The van der Waals surface area contributed by atoms with Crippen LogP contribution in [0.5, 0.6) is 0 Å². The summed E-state index contributed by atoms with van der Waals surface area (Å²) in [4.78, 5) is 37.0. The second-order valence-corrected chi connectivity index (χ2v) is 7.57. The summed E-state index contributed by atoms with van der Waals surface area (Å²) in [6.45, 7) is 2.40. The first-order valence-corrected chi connectivity index (χ1v) is 10.7. The standard InChI is InChI=1S/C25H28N2O5/c1-2-13-31-25(30)22(14-18-9-5-3-6-10-18)26-20-15-23(28)27-21(20)16-24(29)32-17-19-11-7-4-8-12-19/h3-12,15,21-22,26H,2,13-14,16-17H2,1H3,(H,27,28)/t21-,22-/m0/s1. The van der Waals surface area contributed by atoms with E-state index in [9.17, 15) is 14.4 Å². The highest BCUT2D eigenvalue weighted by atomic mass is 16.5. The molecular formula is C25H28N2O5. The van der Waals surface area contributed by atoms with Gasteiger partial charge in [-0.3, -0.25) is 9.59 Å². The van der Waals surface area contributed by atoms with Gasteiger partial charge in [0.2, 0.25) is 5.91 Å². The number of hydrogen-bond donors (Lipinski definition) is 2. The third-order valence-electron chi connectivity index (χ3n) is 4.95. The van der Waals surface area contributed by atoms with Crippen molar-refractivity contribution in [1.29, 1.82) is 0 Å². The van der Waals surface area contributed by atoms with E-state index in [-0.39, 0.29) is 18.9 Å². The fourth-order valence-electron chi connectivity index (χ4n) is 3.35. The first-order chi connectivity index (χ1) is 15.5. The second kappa shape index (κ2) is 11.7. The Bertz CT molecular complexity index is 943. The van der Waals surface area contributed by atoms with Crippen LogP contribution in [0.2, 0.25) is 0 Å². The highest BCUT2D eigenvalue weighted by Crippen LogP contribution is 2.15. The molecule has 0 radical (unpaired) electrons. The summed E-state index contributed by atoms with van der Waals surface area (Å²) in [5.41, 5.74) is 2.31. The molecule has 0 aliphatic carbocycles. The van der Waals surface area contributed by atoms with Crippen LogP contribution in [0.1, 0.15) is 30.9 Å². The van der Waals surface area contributed by atoms with Crippen molar-refractivity contribution >= 4 is 17.8 Å². The predicted octanol–water partition coefficient (Wildman–Crippen LogP) is 2.66. The molecule has 1 amide bonds. The molecule has 0 aromatic heterocycles. The maximum absolute atomic E-state index is 12.7. The van der Waals surface area contributed by atoms with E-state index >= 15 is 0 Å². The number of nitrogens with one attached hydrogen (secondary N) is 2. The van der Waals surface area contributed by atoms with Crippen molar-refractivity contribution in [2.45, 2.75) is 44.9 Å². The van der Waals surface area contributed by atoms with Crippen molar-refractivity contribution in [3.05, 3.63) is 83.6 Å². The molecule has 2 aromatic carbocycles. The Balaban J connectivity index is 1.63. The Morgan fingerprint density at radius 2 is 1.66 bits per heavy atom. The van der Waals surface area contributed by atoms with E-state index in [1.807, 2.05) is 67.6 Å². The smallest absolute Gasteiger partial charge is 0.328 e. The monoisotopic (exact) mass is 436 g/mol. The summed E-state index contributed by atoms with van der Waals surface area (Å²) in [5, 5.41) is 5.87. The van der Waals surface area contributed by atoms with Crippen molar-refractivity contribution in [2.75, 3.05) is 6.61 Å². The molecule has 1 aliphatic heterocycles. The first kappa shape index (κ1) is 23.1. The van der Waals surface area contributed by atoms with Crippen LogP contribution in [-0.4, -0.2) is 36.5 Å². The Hall–Kier alpha value is -3.61. The maximum Gasteiger partial charge on any atom is 0.328 e. The highest BCUT2D eigenvalue weighted by molar-refractivity contribution is 5.92. The molecule has 0 saturated heterocycles. The minimum absolute atomic E-state index is 0.0422. The fraction of sp³-hybridized carbons (Fsp3) is 0.320. The Labute approximate surface area is 187 Å². The molecule has 0 saturated carbocycles. The number of carbonyl (C=O) groups is 3. The summed E-state index contributed by atoms with van der Waals surface area (Å²) < 4.78 is 10.7. The lowest BCUT2D eigenvalue weighted by Gasteiger charge is -2.23. The van der Waals surface area contributed by atoms with Crippen LogP contribution in [0.15, 0.2) is 72.4 Å². The molecule has 7 heteroatoms. The summed E-state index contributed by atoms with van der Waals surface area (Å²) >= 11 is 0. The van der Waals surface area contributed by atoms with Crippen LogP contribution in [0.4, 0.5) is 0 Å².